The van der Waals surface area contributed by atoms with Crippen molar-refractivity contribution in [1.29, 1.82) is 0 Å². The maximum Gasteiger partial charge on any atom is 0.196 e. The second-order valence-electron chi connectivity index (χ2n) is 4.67. The summed E-state index contributed by atoms with van der Waals surface area (Å²) in [6.45, 7) is 4.34. The molecular formula is C14H21N3. The van der Waals surface area contributed by atoms with Gasteiger partial charge in [-0.25, -0.2) is 4.99 Å². The zero-order valence-electron chi connectivity index (χ0n) is 10.5. The molecule has 0 bridgehead atoms. The highest BCUT2D eigenvalue weighted by Gasteiger charge is 2.19. The summed E-state index contributed by atoms with van der Waals surface area (Å²) in [5.74, 6) is 1.43. The monoisotopic (exact) mass is 231 g/mol. The van der Waals surface area contributed by atoms with Crippen LogP contribution in [0.5, 0.6) is 0 Å². The van der Waals surface area contributed by atoms with Crippen molar-refractivity contribution in [2.24, 2.45) is 16.6 Å². The van der Waals surface area contributed by atoms with Crippen molar-refractivity contribution in [3.63, 3.8) is 0 Å². The fourth-order valence-electron chi connectivity index (χ4n) is 2.31. The second-order valence-corrected chi connectivity index (χ2v) is 4.67. The number of guanidine groups is 1. The summed E-state index contributed by atoms with van der Waals surface area (Å²) in [5, 5.41) is 0. The van der Waals surface area contributed by atoms with Crippen LogP contribution in [-0.2, 0) is 0 Å². The summed E-state index contributed by atoms with van der Waals surface area (Å²) in [7, 11) is 0. The smallest absolute Gasteiger partial charge is 0.196 e. The van der Waals surface area contributed by atoms with Gasteiger partial charge in [-0.1, -0.05) is 31.5 Å². The Kier molecular flexibility index (Phi) is 4.02. The Morgan fingerprint density at radius 2 is 2.18 bits per heavy atom. The van der Waals surface area contributed by atoms with Gasteiger partial charge >= 0.3 is 0 Å². The Balaban J connectivity index is 2.04. The Hall–Kier alpha value is -1.51. The number of hydrogen-bond donors (Lipinski definition) is 1. The van der Waals surface area contributed by atoms with Crippen LogP contribution in [0, 0.1) is 5.92 Å². The predicted molar refractivity (Wildman–Crippen MR) is 72.3 cm³/mol. The number of nitrogens with two attached hydrogens (primary N) is 1. The number of rotatable bonds is 2. The van der Waals surface area contributed by atoms with Gasteiger partial charge in [0.25, 0.3) is 0 Å². The quantitative estimate of drug-likeness (QED) is 0.628. The molecule has 0 saturated carbocycles. The number of aliphatic imine (C=N–C) groups is 1. The molecule has 0 aromatic heterocycles. The Labute approximate surface area is 103 Å². The van der Waals surface area contributed by atoms with Gasteiger partial charge in [0.15, 0.2) is 5.96 Å². The van der Waals surface area contributed by atoms with Crippen LogP contribution in [0.3, 0.4) is 0 Å². The van der Waals surface area contributed by atoms with E-state index in [2.05, 4.69) is 16.8 Å². The highest BCUT2D eigenvalue weighted by Crippen LogP contribution is 2.19. The molecule has 1 heterocycles. The number of piperidine rings is 1. The fraction of sp³-hybridized carbons (Fsp3) is 0.500. The molecule has 0 spiro atoms. The third kappa shape index (κ3) is 3.22. The first-order valence-corrected chi connectivity index (χ1v) is 6.43. The Morgan fingerprint density at radius 3 is 2.88 bits per heavy atom. The molecule has 2 N–H and O–H groups in total. The molecule has 0 amide bonds. The summed E-state index contributed by atoms with van der Waals surface area (Å²) in [4.78, 5) is 6.68. The van der Waals surface area contributed by atoms with Crippen molar-refractivity contribution >= 4 is 11.6 Å². The van der Waals surface area contributed by atoms with Crippen LogP contribution in [0.25, 0.3) is 0 Å². The highest BCUT2D eigenvalue weighted by molar-refractivity contribution is 5.81. The SMILES string of the molecule is CCC1CCCN(C(N)=Nc2ccccc2)C1. The van der Waals surface area contributed by atoms with E-state index in [1.165, 1.54) is 19.3 Å². The van der Waals surface area contributed by atoms with Crippen molar-refractivity contribution in [1.82, 2.24) is 4.90 Å². The van der Waals surface area contributed by atoms with Gasteiger partial charge in [0.1, 0.15) is 0 Å². The molecule has 2 rings (SSSR count). The van der Waals surface area contributed by atoms with E-state index >= 15 is 0 Å². The normalized spacial score (nSPS) is 21.6. The lowest BCUT2D eigenvalue weighted by molar-refractivity contribution is 0.251. The van der Waals surface area contributed by atoms with Crippen LogP contribution in [0.2, 0.25) is 0 Å². The summed E-state index contributed by atoms with van der Waals surface area (Å²) in [6, 6.07) is 9.92. The molecule has 1 saturated heterocycles. The van der Waals surface area contributed by atoms with E-state index in [-0.39, 0.29) is 0 Å². The van der Waals surface area contributed by atoms with Crippen molar-refractivity contribution in [2.45, 2.75) is 26.2 Å². The topological polar surface area (TPSA) is 41.6 Å². The minimum atomic E-state index is 0.661. The Bertz CT molecular complexity index is 372. The molecule has 1 aliphatic rings. The number of hydrogen-bond acceptors (Lipinski definition) is 1. The predicted octanol–water partition coefficient (Wildman–Crippen LogP) is 2.75. The lowest BCUT2D eigenvalue weighted by Gasteiger charge is -2.32. The van der Waals surface area contributed by atoms with Crippen molar-refractivity contribution in [3.05, 3.63) is 30.3 Å². The first kappa shape index (κ1) is 12.0. The molecule has 17 heavy (non-hydrogen) atoms. The maximum atomic E-state index is 6.07. The minimum Gasteiger partial charge on any atom is -0.369 e. The average molecular weight is 231 g/mol. The zero-order chi connectivity index (χ0) is 12.1. The largest absolute Gasteiger partial charge is 0.369 e. The van der Waals surface area contributed by atoms with Crippen LogP contribution in [0.1, 0.15) is 26.2 Å². The van der Waals surface area contributed by atoms with Crippen LogP contribution in [-0.4, -0.2) is 23.9 Å². The standard InChI is InChI=1S/C14H21N3/c1-2-12-7-6-10-17(11-12)14(15)16-13-8-4-3-5-9-13/h3-5,8-9,12H,2,6-7,10-11H2,1H3,(H2,15,16). The number of likely N-dealkylation sites (tertiary alicyclic amines) is 1. The Morgan fingerprint density at radius 1 is 1.41 bits per heavy atom. The zero-order valence-corrected chi connectivity index (χ0v) is 10.5. The van der Waals surface area contributed by atoms with Gasteiger partial charge < -0.3 is 10.6 Å². The van der Waals surface area contributed by atoms with Crippen LogP contribution in [0.15, 0.2) is 35.3 Å². The highest BCUT2D eigenvalue weighted by atomic mass is 15.3. The van der Waals surface area contributed by atoms with Gasteiger partial charge in [0, 0.05) is 13.1 Å². The maximum absolute atomic E-state index is 6.07. The van der Waals surface area contributed by atoms with Crippen molar-refractivity contribution < 1.29 is 0 Å². The first-order valence-electron chi connectivity index (χ1n) is 6.43. The summed E-state index contributed by atoms with van der Waals surface area (Å²) in [5.41, 5.74) is 7.01. The van der Waals surface area contributed by atoms with Gasteiger partial charge in [-0.2, -0.15) is 0 Å². The lowest BCUT2D eigenvalue weighted by atomic mass is 9.96. The van der Waals surface area contributed by atoms with E-state index in [0.717, 1.165) is 24.7 Å². The molecule has 0 aliphatic carbocycles. The average Bonchev–Trinajstić information content (AvgIpc) is 2.40. The summed E-state index contributed by atoms with van der Waals surface area (Å²) < 4.78 is 0. The molecule has 1 atom stereocenters. The number of benzene rings is 1. The van der Waals surface area contributed by atoms with Crippen LogP contribution in [0.4, 0.5) is 5.69 Å². The van der Waals surface area contributed by atoms with Gasteiger partial charge in [0.05, 0.1) is 5.69 Å². The lowest BCUT2D eigenvalue weighted by Crippen LogP contribution is -2.43. The van der Waals surface area contributed by atoms with E-state index in [0.29, 0.717) is 5.96 Å². The molecule has 92 valence electrons. The molecule has 3 heteroatoms. The van der Waals surface area contributed by atoms with Crippen LogP contribution >= 0.6 is 0 Å². The van der Waals surface area contributed by atoms with Gasteiger partial charge in [-0.3, -0.25) is 0 Å². The van der Waals surface area contributed by atoms with E-state index in [9.17, 15) is 0 Å². The third-order valence-electron chi connectivity index (χ3n) is 3.42. The van der Waals surface area contributed by atoms with Crippen LogP contribution < -0.4 is 5.73 Å². The van der Waals surface area contributed by atoms with Gasteiger partial charge in [-0.05, 0) is 30.9 Å². The summed E-state index contributed by atoms with van der Waals surface area (Å²) in [6.07, 6.45) is 3.78. The van der Waals surface area contributed by atoms with E-state index in [4.69, 9.17) is 5.73 Å². The molecule has 0 radical (unpaired) electrons. The molecule has 3 nitrogen and oxygen atoms in total. The van der Waals surface area contributed by atoms with E-state index in [1.54, 1.807) is 0 Å². The van der Waals surface area contributed by atoms with Crippen molar-refractivity contribution in [3.8, 4) is 0 Å². The number of para-hydroxylation sites is 1. The van der Waals surface area contributed by atoms with E-state index in [1.807, 2.05) is 30.3 Å². The molecule has 1 aliphatic heterocycles. The van der Waals surface area contributed by atoms with Gasteiger partial charge in [-0.15, -0.1) is 0 Å². The first-order chi connectivity index (χ1) is 8.29. The molecular weight excluding hydrogens is 210 g/mol. The molecule has 1 fully saturated rings. The molecule has 1 aromatic rings. The molecule has 1 unspecified atom stereocenters. The van der Waals surface area contributed by atoms with Gasteiger partial charge in [0.2, 0.25) is 0 Å². The fourth-order valence-corrected chi connectivity index (χ4v) is 2.31. The van der Waals surface area contributed by atoms with E-state index < -0.39 is 0 Å². The molecule has 1 aromatic carbocycles. The summed E-state index contributed by atoms with van der Waals surface area (Å²) >= 11 is 0. The van der Waals surface area contributed by atoms with Crippen molar-refractivity contribution in [2.75, 3.05) is 13.1 Å². The second kappa shape index (κ2) is 5.71. The minimum absolute atomic E-state index is 0.661. The number of nitrogens with zero attached hydrogens (tertiary/aromatic N) is 2. The third-order valence-corrected chi connectivity index (χ3v) is 3.42.